The normalized spacial score (nSPS) is 12.3. The molecule has 0 fully saturated rings. The number of nitrogens with one attached hydrogen (secondary N) is 1. The average Bonchev–Trinajstić information content (AvgIpc) is 2.84. The number of aromatic nitrogens is 1. The first-order valence-corrected chi connectivity index (χ1v) is 7.64. The first kappa shape index (κ1) is 15.6. The Balaban J connectivity index is 2.45. The van der Waals surface area contributed by atoms with Gasteiger partial charge in [-0.1, -0.05) is 27.7 Å². The van der Waals surface area contributed by atoms with Crippen molar-refractivity contribution in [1.82, 2.24) is 10.3 Å². The zero-order valence-electron chi connectivity index (χ0n) is 12.0. The Bertz CT molecular complexity index is 337. The van der Waals surface area contributed by atoms with Crippen LogP contribution in [0, 0.1) is 5.41 Å². The highest BCUT2D eigenvalue weighted by Gasteiger charge is 2.24. The van der Waals surface area contributed by atoms with Gasteiger partial charge in [0.05, 0.1) is 5.01 Å². The lowest BCUT2D eigenvalue weighted by Gasteiger charge is -2.29. The van der Waals surface area contributed by atoms with Crippen LogP contribution in [0.5, 0.6) is 0 Å². The van der Waals surface area contributed by atoms with Crippen LogP contribution in [0.1, 0.15) is 56.3 Å². The van der Waals surface area contributed by atoms with Crippen molar-refractivity contribution in [3.63, 3.8) is 0 Å². The summed E-state index contributed by atoms with van der Waals surface area (Å²) in [6.07, 6.45) is 3.98. The van der Waals surface area contributed by atoms with E-state index >= 15 is 0 Å². The van der Waals surface area contributed by atoms with Crippen LogP contribution in [-0.2, 0) is 6.54 Å². The van der Waals surface area contributed by atoms with Gasteiger partial charge in [0.15, 0.2) is 0 Å². The van der Waals surface area contributed by atoms with Crippen LogP contribution in [0.3, 0.4) is 0 Å². The monoisotopic (exact) mass is 270 g/mol. The van der Waals surface area contributed by atoms with E-state index < -0.39 is 0 Å². The zero-order valence-corrected chi connectivity index (χ0v) is 12.8. The predicted molar refractivity (Wildman–Crippen MR) is 78.0 cm³/mol. The van der Waals surface area contributed by atoms with Gasteiger partial charge < -0.3 is 10.4 Å². The summed E-state index contributed by atoms with van der Waals surface area (Å²) < 4.78 is 0. The lowest BCUT2D eigenvalue weighted by Crippen LogP contribution is -2.36. The summed E-state index contributed by atoms with van der Waals surface area (Å²) in [6.45, 7) is 10.6. The standard InChI is InChI=1S/C14H26N2OS/c1-5-14(6-2,10-17)9-15-7-12-8-16-13(18-12)11(3)4/h8,11,15,17H,5-7,9-10H2,1-4H3. The Hall–Kier alpha value is -0.450. The van der Waals surface area contributed by atoms with E-state index in [-0.39, 0.29) is 12.0 Å². The Kier molecular flexibility index (Phi) is 6.26. The van der Waals surface area contributed by atoms with Gasteiger partial charge in [0.25, 0.3) is 0 Å². The summed E-state index contributed by atoms with van der Waals surface area (Å²) in [5.74, 6) is 0.506. The van der Waals surface area contributed by atoms with Crippen molar-refractivity contribution in [1.29, 1.82) is 0 Å². The van der Waals surface area contributed by atoms with Crippen LogP contribution in [-0.4, -0.2) is 23.2 Å². The second-order valence-corrected chi connectivity index (χ2v) is 6.44. The molecular formula is C14H26N2OS. The smallest absolute Gasteiger partial charge is 0.0953 e. The van der Waals surface area contributed by atoms with Crippen LogP contribution in [0.4, 0.5) is 0 Å². The lowest BCUT2D eigenvalue weighted by atomic mass is 9.83. The van der Waals surface area contributed by atoms with Crippen molar-refractivity contribution in [2.24, 2.45) is 5.41 Å². The van der Waals surface area contributed by atoms with Gasteiger partial charge in [0.2, 0.25) is 0 Å². The maximum absolute atomic E-state index is 9.50. The molecule has 0 aromatic carbocycles. The van der Waals surface area contributed by atoms with Crippen molar-refractivity contribution >= 4 is 11.3 Å². The third-order valence-electron chi connectivity index (χ3n) is 3.70. The minimum atomic E-state index is 0.0333. The molecule has 1 aromatic heterocycles. The summed E-state index contributed by atoms with van der Waals surface area (Å²) >= 11 is 1.78. The molecule has 1 aromatic rings. The Morgan fingerprint density at radius 2 is 2.06 bits per heavy atom. The Morgan fingerprint density at radius 1 is 1.39 bits per heavy atom. The van der Waals surface area contributed by atoms with E-state index in [1.54, 1.807) is 11.3 Å². The third kappa shape index (κ3) is 4.04. The molecule has 2 N–H and O–H groups in total. The highest BCUT2D eigenvalue weighted by atomic mass is 32.1. The summed E-state index contributed by atoms with van der Waals surface area (Å²) in [7, 11) is 0. The maximum Gasteiger partial charge on any atom is 0.0953 e. The van der Waals surface area contributed by atoms with Crippen molar-refractivity contribution < 1.29 is 5.11 Å². The molecule has 0 radical (unpaired) electrons. The van der Waals surface area contributed by atoms with Gasteiger partial charge in [-0.25, -0.2) is 4.98 Å². The molecule has 0 saturated heterocycles. The predicted octanol–water partition coefficient (Wildman–Crippen LogP) is 3.15. The van der Waals surface area contributed by atoms with Crippen molar-refractivity contribution in [2.45, 2.75) is 53.0 Å². The Labute approximate surface area is 115 Å². The molecule has 1 rings (SSSR count). The van der Waals surface area contributed by atoms with Crippen molar-refractivity contribution in [3.8, 4) is 0 Å². The van der Waals surface area contributed by atoms with Gasteiger partial charge in [-0.3, -0.25) is 0 Å². The minimum Gasteiger partial charge on any atom is -0.396 e. The van der Waals surface area contributed by atoms with Gasteiger partial charge >= 0.3 is 0 Å². The largest absolute Gasteiger partial charge is 0.396 e. The summed E-state index contributed by atoms with van der Waals surface area (Å²) in [5, 5.41) is 14.2. The molecule has 0 spiro atoms. The summed E-state index contributed by atoms with van der Waals surface area (Å²) in [5.41, 5.74) is 0.0333. The zero-order chi connectivity index (χ0) is 13.6. The first-order chi connectivity index (χ1) is 8.56. The fourth-order valence-electron chi connectivity index (χ4n) is 1.90. The van der Waals surface area contributed by atoms with E-state index in [1.807, 2.05) is 6.20 Å². The molecule has 0 bridgehead atoms. The third-order valence-corrected chi connectivity index (χ3v) is 5.00. The molecular weight excluding hydrogens is 244 g/mol. The fraction of sp³-hybridized carbons (Fsp3) is 0.786. The van der Waals surface area contributed by atoms with Gasteiger partial charge in [0, 0.05) is 42.1 Å². The van der Waals surface area contributed by atoms with E-state index in [2.05, 4.69) is 38.0 Å². The number of aliphatic hydroxyl groups excluding tert-OH is 1. The molecule has 1 heterocycles. The van der Waals surface area contributed by atoms with Crippen LogP contribution in [0.2, 0.25) is 0 Å². The molecule has 104 valence electrons. The Morgan fingerprint density at radius 3 is 2.50 bits per heavy atom. The van der Waals surface area contributed by atoms with E-state index in [4.69, 9.17) is 0 Å². The number of hydrogen-bond donors (Lipinski definition) is 2. The molecule has 3 nitrogen and oxygen atoms in total. The van der Waals surface area contributed by atoms with Crippen molar-refractivity contribution in [3.05, 3.63) is 16.1 Å². The van der Waals surface area contributed by atoms with Crippen LogP contribution >= 0.6 is 11.3 Å². The molecule has 0 amide bonds. The van der Waals surface area contributed by atoms with Crippen LogP contribution in [0.25, 0.3) is 0 Å². The molecule has 18 heavy (non-hydrogen) atoms. The van der Waals surface area contributed by atoms with Gasteiger partial charge in [-0.15, -0.1) is 11.3 Å². The van der Waals surface area contributed by atoms with E-state index in [9.17, 15) is 5.11 Å². The van der Waals surface area contributed by atoms with Gasteiger partial charge in [0.1, 0.15) is 0 Å². The van der Waals surface area contributed by atoms with E-state index in [0.717, 1.165) is 25.9 Å². The van der Waals surface area contributed by atoms with Crippen LogP contribution < -0.4 is 5.32 Å². The topological polar surface area (TPSA) is 45.1 Å². The molecule has 0 atom stereocenters. The van der Waals surface area contributed by atoms with Crippen molar-refractivity contribution in [2.75, 3.05) is 13.2 Å². The number of aliphatic hydroxyl groups is 1. The van der Waals surface area contributed by atoms with Gasteiger partial charge in [-0.2, -0.15) is 0 Å². The highest BCUT2D eigenvalue weighted by molar-refractivity contribution is 7.11. The second-order valence-electron chi connectivity index (χ2n) is 5.29. The quantitative estimate of drug-likeness (QED) is 0.762. The highest BCUT2D eigenvalue weighted by Crippen LogP contribution is 2.25. The average molecular weight is 270 g/mol. The summed E-state index contributed by atoms with van der Waals surface area (Å²) in [6, 6.07) is 0. The second kappa shape index (κ2) is 7.22. The number of thiazole rings is 1. The molecule has 4 heteroatoms. The molecule has 0 aliphatic heterocycles. The minimum absolute atomic E-state index is 0.0333. The number of hydrogen-bond acceptors (Lipinski definition) is 4. The van der Waals surface area contributed by atoms with Gasteiger partial charge in [-0.05, 0) is 12.8 Å². The molecule has 0 unspecified atom stereocenters. The van der Waals surface area contributed by atoms with Crippen LogP contribution in [0.15, 0.2) is 6.20 Å². The molecule has 0 aliphatic rings. The lowest BCUT2D eigenvalue weighted by molar-refractivity contribution is 0.113. The SMILES string of the molecule is CCC(CC)(CO)CNCc1cnc(C(C)C)s1. The fourth-order valence-corrected chi connectivity index (χ4v) is 2.79. The van der Waals surface area contributed by atoms with E-state index in [0.29, 0.717) is 5.92 Å². The molecule has 0 aliphatic carbocycles. The number of nitrogens with zero attached hydrogens (tertiary/aromatic N) is 1. The van der Waals surface area contributed by atoms with E-state index in [1.165, 1.54) is 9.88 Å². The molecule has 0 saturated carbocycles. The summed E-state index contributed by atoms with van der Waals surface area (Å²) in [4.78, 5) is 5.70. The number of rotatable bonds is 8. The first-order valence-electron chi connectivity index (χ1n) is 6.83. The maximum atomic E-state index is 9.50.